The Labute approximate surface area is 491 Å². The van der Waals surface area contributed by atoms with Gasteiger partial charge >= 0.3 is 5.97 Å². The number of carbonyl (C=O) groups is 2. The Morgan fingerprint density at radius 3 is 1.16 bits per heavy atom. The zero-order chi connectivity index (χ0) is 57.9. The van der Waals surface area contributed by atoms with Crippen LogP contribution in [0.4, 0.5) is 0 Å². The Morgan fingerprint density at radius 1 is 0.443 bits per heavy atom. The standard InChI is InChI=1S/C69H133N2O7P/c1-7-10-13-16-19-22-25-28-30-32-33-34-35-36-37-38-39-40-42-44-47-50-53-56-59-62-69(73)78-67(60-57-54-51-48-45-27-24-21-18-15-12-9-3)66(65-77-79(74,75)76-64-63-71(4,5)6)70-68(72)61-58-55-52-49-46-43-41-31-29-26-23-20-17-14-11-8-2/h19,22,28,30,57,60,66-67H,7-18,20-21,23-27,29,31-56,58-59,61-65H2,1-6H3,(H-,70,72,74,75)/b22-19-,30-28-,60-57+. The lowest BCUT2D eigenvalue weighted by Gasteiger charge is -2.30. The van der Waals surface area contributed by atoms with Crippen molar-refractivity contribution in [1.29, 1.82) is 0 Å². The topological polar surface area (TPSA) is 114 Å². The van der Waals surface area contributed by atoms with Crippen LogP contribution in [0.5, 0.6) is 0 Å². The summed E-state index contributed by atoms with van der Waals surface area (Å²) in [6.07, 6.45) is 72.6. The van der Waals surface area contributed by atoms with Crippen molar-refractivity contribution >= 4 is 19.7 Å². The normalized spacial score (nSPS) is 13.8. The van der Waals surface area contributed by atoms with E-state index in [1.807, 2.05) is 33.3 Å². The van der Waals surface area contributed by atoms with E-state index in [1.165, 1.54) is 244 Å². The summed E-state index contributed by atoms with van der Waals surface area (Å²) in [4.78, 5) is 40.1. The van der Waals surface area contributed by atoms with Crippen LogP contribution in [0.3, 0.4) is 0 Å². The Morgan fingerprint density at radius 2 is 0.772 bits per heavy atom. The molecule has 0 aromatic heterocycles. The van der Waals surface area contributed by atoms with Crippen molar-refractivity contribution < 1.29 is 37.3 Å². The summed E-state index contributed by atoms with van der Waals surface area (Å²) in [5, 5.41) is 3.04. The van der Waals surface area contributed by atoms with Gasteiger partial charge in [-0.15, -0.1) is 0 Å². The first-order valence-electron chi connectivity index (χ1n) is 34.3. The number of nitrogens with zero attached hydrogens (tertiary/aromatic N) is 1. The number of phosphoric acid groups is 1. The fourth-order valence-corrected chi connectivity index (χ4v) is 11.0. The highest BCUT2D eigenvalue weighted by atomic mass is 31.2. The van der Waals surface area contributed by atoms with Gasteiger partial charge in [-0.3, -0.25) is 14.2 Å². The molecule has 0 aliphatic heterocycles. The Bertz CT molecular complexity index is 1450. The molecule has 466 valence electrons. The van der Waals surface area contributed by atoms with Gasteiger partial charge in [-0.2, -0.15) is 0 Å². The molecule has 3 unspecified atom stereocenters. The number of unbranched alkanes of at least 4 members (excludes halogenated alkanes) is 43. The average molecular weight is 1130 g/mol. The van der Waals surface area contributed by atoms with Crippen LogP contribution in [0, 0.1) is 0 Å². The molecule has 79 heavy (non-hydrogen) atoms. The first-order valence-corrected chi connectivity index (χ1v) is 35.8. The molecule has 3 atom stereocenters. The first-order chi connectivity index (χ1) is 38.4. The summed E-state index contributed by atoms with van der Waals surface area (Å²) in [7, 11) is 1.20. The number of ether oxygens (including phenoxy) is 1. The van der Waals surface area contributed by atoms with E-state index in [0.717, 1.165) is 64.2 Å². The number of rotatable bonds is 63. The molecule has 9 nitrogen and oxygen atoms in total. The second kappa shape index (κ2) is 59.4. The third-order valence-electron chi connectivity index (χ3n) is 15.6. The largest absolute Gasteiger partial charge is 0.756 e. The highest BCUT2D eigenvalue weighted by Crippen LogP contribution is 2.38. The number of nitrogens with one attached hydrogen (secondary N) is 1. The van der Waals surface area contributed by atoms with Crippen molar-refractivity contribution in [2.24, 2.45) is 0 Å². The summed E-state index contributed by atoms with van der Waals surface area (Å²) in [6.45, 7) is 6.87. The van der Waals surface area contributed by atoms with Crippen LogP contribution in [-0.4, -0.2) is 69.4 Å². The second-order valence-corrected chi connectivity index (χ2v) is 26.1. The number of amides is 1. The van der Waals surface area contributed by atoms with Gasteiger partial charge in [0.1, 0.15) is 19.3 Å². The van der Waals surface area contributed by atoms with E-state index < -0.39 is 20.0 Å². The minimum atomic E-state index is -4.70. The van der Waals surface area contributed by atoms with Gasteiger partial charge in [-0.25, -0.2) is 0 Å². The van der Waals surface area contributed by atoms with E-state index in [1.54, 1.807) is 0 Å². The van der Waals surface area contributed by atoms with Crippen LogP contribution in [0.2, 0.25) is 0 Å². The van der Waals surface area contributed by atoms with E-state index in [0.29, 0.717) is 17.4 Å². The zero-order valence-corrected chi connectivity index (χ0v) is 54.2. The van der Waals surface area contributed by atoms with Gasteiger partial charge in [0.15, 0.2) is 0 Å². The fourth-order valence-electron chi connectivity index (χ4n) is 10.3. The number of hydrogen-bond acceptors (Lipinski definition) is 7. The van der Waals surface area contributed by atoms with Gasteiger partial charge < -0.3 is 28.5 Å². The molecule has 0 aliphatic rings. The molecule has 0 aromatic rings. The summed E-state index contributed by atoms with van der Waals surface area (Å²) >= 11 is 0. The van der Waals surface area contributed by atoms with Gasteiger partial charge in [0.05, 0.1) is 33.8 Å². The van der Waals surface area contributed by atoms with Crippen LogP contribution in [0.1, 0.15) is 342 Å². The Kier molecular flexibility index (Phi) is 58.1. The zero-order valence-electron chi connectivity index (χ0n) is 53.3. The molecule has 0 bridgehead atoms. The van der Waals surface area contributed by atoms with Crippen molar-refractivity contribution in [3.63, 3.8) is 0 Å². The van der Waals surface area contributed by atoms with Crippen molar-refractivity contribution in [2.45, 2.75) is 354 Å². The average Bonchev–Trinajstić information content (AvgIpc) is 3.41. The number of esters is 1. The predicted molar refractivity (Wildman–Crippen MR) is 340 cm³/mol. The maximum absolute atomic E-state index is 13.6. The third-order valence-corrected chi connectivity index (χ3v) is 16.5. The van der Waals surface area contributed by atoms with E-state index in [9.17, 15) is 19.0 Å². The van der Waals surface area contributed by atoms with Crippen molar-refractivity contribution in [2.75, 3.05) is 40.9 Å². The SMILES string of the molecule is CCCCC/C=C\C/C=C\CCCCCCCCCCCCCCCCCC(=O)OC(/C=C/CCCCCCCCCCCC)C(COP(=O)([O-])OCC[N+](C)(C)C)NC(=O)CCCCCCCCCCCCCCCCCC. The molecule has 0 aromatic carbocycles. The highest BCUT2D eigenvalue weighted by molar-refractivity contribution is 7.45. The molecular formula is C69H133N2O7P. The molecular weight excluding hydrogens is 1000 g/mol. The van der Waals surface area contributed by atoms with E-state index in [-0.39, 0.29) is 31.5 Å². The van der Waals surface area contributed by atoms with Gasteiger partial charge in [-0.1, -0.05) is 302 Å². The molecule has 0 radical (unpaired) electrons. The smallest absolute Gasteiger partial charge is 0.306 e. The second-order valence-electron chi connectivity index (χ2n) is 24.7. The maximum atomic E-state index is 13.6. The fraction of sp³-hybridized carbons (Fsp3) is 0.884. The van der Waals surface area contributed by atoms with Crippen LogP contribution in [0.15, 0.2) is 36.5 Å². The lowest BCUT2D eigenvalue weighted by Crippen LogP contribution is -2.47. The highest BCUT2D eigenvalue weighted by Gasteiger charge is 2.27. The molecule has 0 fully saturated rings. The lowest BCUT2D eigenvalue weighted by atomic mass is 10.0. The third kappa shape index (κ3) is 60.6. The number of quaternary nitrogens is 1. The molecule has 0 rings (SSSR count). The number of phosphoric ester groups is 1. The van der Waals surface area contributed by atoms with E-state index in [2.05, 4.69) is 50.4 Å². The van der Waals surface area contributed by atoms with Gasteiger partial charge in [0.2, 0.25) is 5.91 Å². The molecule has 0 spiro atoms. The predicted octanol–water partition coefficient (Wildman–Crippen LogP) is 20.8. The van der Waals surface area contributed by atoms with Crippen LogP contribution in [0.25, 0.3) is 0 Å². The van der Waals surface area contributed by atoms with Crippen LogP contribution < -0.4 is 10.2 Å². The van der Waals surface area contributed by atoms with E-state index >= 15 is 0 Å². The summed E-state index contributed by atoms with van der Waals surface area (Å²) in [6, 6.07) is -0.883. The van der Waals surface area contributed by atoms with Gasteiger partial charge in [-0.05, 0) is 63.9 Å². The maximum Gasteiger partial charge on any atom is 0.306 e. The molecule has 1 amide bonds. The number of allylic oxidation sites excluding steroid dienone is 5. The summed E-state index contributed by atoms with van der Waals surface area (Å²) in [5.41, 5.74) is 0. The van der Waals surface area contributed by atoms with E-state index in [4.69, 9.17) is 13.8 Å². The molecule has 1 N–H and O–H groups in total. The number of hydrogen-bond donors (Lipinski definition) is 1. The minimum absolute atomic E-state index is 0.0189. The number of carbonyl (C=O) groups excluding carboxylic acids is 2. The molecule has 0 aliphatic carbocycles. The van der Waals surface area contributed by atoms with Gasteiger partial charge in [0, 0.05) is 12.8 Å². The monoisotopic (exact) mass is 1130 g/mol. The lowest BCUT2D eigenvalue weighted by molar-refractivity contribution is -0.870. The molecule has 0 saturated carbocycles. The summed E-state index contributed by atoms with van der Waals surface area (Å²) in [5.74, 6) is -0.522. The minimum Gasteiger partial charge on any atom is -0.756 e. The van der Waals surface area contributed by atoms with Crippen molar-refractivity contribution in [1.82, 2.24) is 5.32 Å². The van der Waals surface area contributed by atoms with Crippen LogP contribution in [-0.2, 0) is 27.9 Å². The van der Waals surface area contributed by atoms with Crippen molar-refractivity contribution in [3.05, 3.63) is 36.5 Å². The first kappa shape index (κ1) is 77.2. The Balaban J connectivity index is 5.04. The van der Waals surface area contributed by atoms with Crippen molar-refractivity contribution in [3.8, 4) is 0 Å². The Hall–Kier alpha value is -1.77. The molecule has 0 saturated heterocycles. The quantitative estimate of drug-likeness (QED) is 0.0212. The van der Waals surface area contributed by atoms with Crippen LogP contribution >= 0.6 is 7.82 Å². The van der Waals surface area contributed by atoms with Gasteiger partial charge in [0.25, 0.3) is 7.82 Å². The number of likely N-dealkylation sites (N-methyl/N-ethyl adjacent to an activating group) is 1. The summed E-state index contributed by atoms with van der Waals surface area (Å²) < 4.78 is 30.4. The molecule has 0 heterocycles. The molecule has 10 heteroatoms.